The van der Waals surface area contributed by atoms with E-state index in [1.807, 2.05) is 0 Å². The lowest BCUT2D eigenvalue weighted by atomic mass is 10.0. The lowest BCUT2D eigenvalue weighted by Crippen LogP contribution is -2.12. The highest BCUT2D eigenvalue weighted by atomic mass is 79.9. The highest BCUT2D eigenvalue weighted by Gasteiger charge is 2.27. The minimum Gasteiger partial charge on any atom is -0.0668 e. The van der Waals surface area contributed by atoms with Crippen molar-refractivity contribution in [3.05, 3.63) is 8.96 Å². The van der Waals surface area contributed by atoms with Crippen LogP contribution in [0, 0.1) is 0 Å². The fourth-order valence-corrected chi connectivity index (χ4v) is 4.52. The summed E-state index contributed by atoms with van der Waals surface area (Å²) < 4.78 is 2.44. The van der Waals surface area contributed by atoms with Crippen molar-refractivity contribution in [1.29, 1.82) is 0 Å². The van der Waals surface area contributed by atoms with Crippen molar-refractivity contribution in [1.82, 2.24) is 0 Å². The van der Waals surface area contributed by atoms with Gasteiger partial charge in [0.15, 0.2) is 0 Å². The first kappa shape index (κ1) is 15.7. The van der Waals surface area contributed by atoms with E-state index < -0.39 is 0 Å². The topological polar surface area (TPSA) is 0 Å². The predicted octanol–water partition coefficient (Wildman–Crippen LogP) is 7.00. The van der Waals surface area contributed by atoms with E-state index in [9.17, 15) is 0 Å². The second-order valence-electron chi connectivity index (χ2n) is 4.40. The van der Waals surface area contributed by atoms with Gasteiger partial charge >= 0.3 is 0 Å². The third-order valence-corrected chi connectivity index (χ3v) is 8.08. The summed E-state index contributed by atoms with van der Waals surface area (Å²) in [6, 6.07) is 0. The first-order valence-electron chi connectivity index (χ1n) is 5.96. The van der Waals surface area contributed by atoms with Gasteiger partial charge in [-0.3, -0.25) is 0 Å². The molecule has 4 heteroatoms. The molecule has 0 atom stereocenters. The zero-order valence-corrected chi connectivity index (χ0v) is 15.7. The number of alkyl halides is 2. The highest BCUT2D eigenvalue weighted by Crippen LogP contribution is 2.46. The van der Waals surface area contributed by atoms with Gasteiger partial charge < -0.3 is 0 Å². The molecule has 0 saturated heterocycles. The Morgan fingerprint density at radius 3 is 1.88 bits per heavy atom. The molecule has 0 aliphatic heterocycles. The number of halogens is 4. The van der Waals surface area contributed by atoms with E-state index in [1.165, 1.54) is 53.9 Å². The molecule has 94 valence electrons. The Morgan fingerprint density at radius 1 is 0.750 bits per heavy atom. The van der Waals surface area contributed by atoms with Gasteiger partial charge in [-0.1, -0.05) is 102 Å². The number of allylic oxidation sites excluding steroid dienone is 2. The first-order valence-corrected chi connectivity index (χ1v) is 9.14. The van der Waals surface area contributed by atoms with Crippen molar-refractivity contribution in [2.75, 3.05) is 0 Å². The minimum absolute atomic E-state index is 0.0714. The molecule has 1 aliphatic rings. The van der Waals surface area contributed by atoms with Gasteiger partial charge in [-0.25, -0.2) is 0 Å². The maximum atomic E-state index is 3.77. The molecule has 0 heterocycles. The smallest absolute Gasteiger partial charge is 0.0668 e. The van der Waals surface area contributed by atoms with Crippen molar-refractivity contribution in [3.8, 4) is 0 Å². The summed E-state index contributed by atoms with van der Waals surface area (Å²) in [6.45, 7) is 0. The summed E-state index contributed by atoms with van der Waals surface area (Å²) in [7, 11) is 0. The Bertz CT molecular complexity index is 245. The van der Waals surface area contributed by atoms with Gasteiger partial charge in [0, 0.05) is 8.96 Å². The van der Waals surface area contributed by atoms with Crippen LogP contribution in [0.5, 0.6) is 0 Å². The van der Waals surface area contributed by atoms with Gasteiger partial charge in [0.1, 0.15) is 3.23 Å². The van der Waals surface area contributed by atoms with E-state index in [-0.39, 0.29) is 3.23 Å². The van der Waals surface area contributed by atoms with E-state index in [0.717, 1.165) is 12.8 Å². The number of hydrogen-bond donors (Lipinski definition) is 0. The van der Waals surface area contributed by atoms with Crippen LogP contribution < -0.4 is 0 Å². The average molecular weight is 482 g/mol. The SMILES string of the molecule is Br/C1=C(\Br)C(Br)(Br)CCCCCCCCC1. The predicted molar refractivity (Wildman–Crippen MR) is 87.0 cm³/mol. The molecule has 1 aliphatic carbocycles. The van der Waals surface area contributed by atoms with Crippen molar-refractivity contribution in [3.63, 3.8) is 0 Å². The molecule has 0 aromatic rings. The molecule has 0 nitrogen and oxygen atoms in total. The number of rotatable bonds is 0. The summed E-state index contributed by atoms with van der Waals surface area (Å²) >= 11 is 14.9. The summed E-state index contributed by atoms with van der Waals surface area (Å²) in [6.07, 6.45) is 11.7. The normalized spacial score (nSPS) is 29.2. The standard InChI is InChI=1S/C12H18Br4/c13-10-8-6-4-2-1-3-5-7-9-12(15,16)11(10)14/h1-9H2/b11-10-. The molecule has 0 bridgehead atoms. The largest absolute Gasteiger partial charge is 0.112 e. The van der Waals surface area contributed by atoms with E-state index in [2.05, 4.69) is 63.7 Å². The van der Waals surface area contributed by atoms with E-state index in [4.69, 9.17) is 0 Å². The highest BCUT2D eigenvalue weighted by molar-refractivity contribution is 9.26. The van der Waals surface area contributed by atoms with Gasteiger partial charge in [-0.05, 0) is 19.3 Å². The first-order chi connectivity index (χ1) is 7.54. The van der Waals surface area contributed by atoms with E-state index >= 15 is 0 Å². The fraction of sp³-hybridized carbons (Fsp3) is 0.833. The molecular weight excluding hydrogens is 464 g/mol. The molecule has 16 heavy (non-hydrogen) atoms. The lowest BCUT2D eigenvalue weighted by molar-refractivity contribution is 0.565. The van der Waals surface area contributed by atoms with Crippen molar-refractivity contribution in [2.45, 2.75) is 61.0 Å². The Balaban J connectivity index is 2.68. The van der Waals surface area contributed by atoms with Gasteiger partial charge in [-0.15, -0.1) is 0 Å². The molecule has 0 aromatic heterocycles. The molecule has 0 fully saturated rings. The zero-order chi connectivity index (χ0) is 12.0. The van der Waals surface area contributed by atoms with Crippen LogP contribution >= 0.6 is 63.7 Å². The van der Waals surface area contributed by atoms with Crippen molar-refractivity contribution < 1.29 is 0 Å². The molecule has 0 N–H and O–H groups in total. The van der Waals surface area contributed by atoms with Crippen LogP contribution in [0.1, 0.15) is 57.8 Å². The molecule has 0 unspecified atom stereocenters. The molecule has 0 aromatic carbocycles. The summed E-state index contributed by atoms with van der Waals surface area (Å²) in [5.74, 6) is 0. The Kier molecular flexibility index (Phi) is 7.82. The third-order valence-electron chi connectivity index (χ3n) is 2.95. The Labute approximate surface area is 133 Å². The Hall–Kier alpha value is 1.66. The molecule has 0 radical (unpaired) electrons. The van der Waals surface area contributed by atoms with Crippen LogP contribution in [-0.2, 0) is 0 Å². The lowest BCUT2D eigenvalue weighted by Gasteiger charge is -2.22. The number of hydrogen-bond acceptors (Lipinski definition) is 0. The quantitative estimate of drug-likeness (QED) is 0.327. The van der Waals surface area contributed by atoms with Gasteiger partial charge in [0.25, 0.3) is 0 Å². The third kappa shape index (κ3) is 5.53. The van der Waals surface area contributed by atoms with E-state index in [1.54, 1.807) is 0 Å². The fourth-order valence-electron chi connectivity index (χ4n) is 1.93. The molecule has 1 rings (SSSR count). The van der Waals surface area contributed by atoms with Crippen LogP contribution in [0.15, 0.2) is 8.96 Å². The summed E-state index contributed by atoms with van der Waals surface area (Å²) in [4.78, 5) is 0. The summed E-state index contributed by atoms with van der Waals surface area (Å²) in [5, 5.41) is 0. The summed E-state index contributed by atoms with van der Waals surface area (Å²) in [5.41, 5.74) is 0. The van der Waals surface area contributed by atoms with Crippen molar-refractivity contribution >= 4 is 63.7 Å². The van der Waals surface area contributed by atoms with Gasteiger partial charge in [-0.2, -0.15) is 0 Å². The molecule has 0 spiro atoms. The molecular formula is C12H18Br4. The Morgan fingerprint density at radius 2 is 1.25 bits per heavy atom. The minimum atomic E-state index is -0.0714. The monoisotopic (exact) mass is 478 g/mol. The van der Waals surface area contributed by atoms with E-state index in [0.29, 0.717) is 0 Å². The maximum absolute atomic E-state index is 3.77. The van der Waals surface area contributed by atoms with Crippen LogP contribution in [-0.4, -0.2) is 3.23 Å². The second-order valence-corrected chi connectivity index (χ2v) is 9.92. The van der Waals surface area contributed by atoms with Crippen LogP contribution in [0.25, 0.3) is 0 Å². The maximum Gasteiger partial charge on any atom is 0.112 e. The van der Waals surface area contributed by atoms with Crippen LogP contribution in [0.2, 0.25) is 0 Å². The van der Waals surface area contributed by atoms with Crippen molar-refractivity contribution in [2.24, 2.45) is 0 Å². The molecule has 0 amide bonds. The zero-order valence-electron chi connectivity index (χ0n) is 9.38. The van der Waals surface area contributed by atoms with Crippen LogP contribution in [0.4, 0.5) is 0 Å². The van der Waals surface area contributed by atoms with Gasteiger partial charge in [0.05, 0.1) is 0 Å². The van der Waals surface area contributed by atoms with Gasteiger partial charge in [0.2, 0.25) is 0 Å². The van der Waals surface area contributed by atoms with Crippen LogP contribution in [0.3, 0.4) is 0 Å². The molecule has 0 saturated carbocycles. The average Bonchev–Trinajstić information content (AvgIpc) is 2.24. The second kappa shape index (κ2) is 7.96.